The fourth-order valence-electron chi connectivity index (χ4n) is 2.02. The molecule has 0 aliphatic rings. The second-order valence-electron chi connectivity index (χ2n) is 4.81. The van der Waals surface area contributed by atoms with Crippen LogP contribution in [0.15, 0.2) is 42.7 Å². The van der Waals surface area contributed by atoms with Crippen LogP contribution in [0.5, 0.6) is 0 Å². The fourth-order valence-corrected chi connectivity index (χ4v) is 2.02. The first kappa shape index (κ1) is 14.3. The second kappa shape index (κ2) is 7.48. The van der Waals surface area contributed by atoms with Gasteiger partial charge >= 0.3 is 0 Å². The molecule has 0 aliphatic heterocycles. The Balaban J connectivity index is 1.80. The molecule has 106 valence electrons. The average molecular weight is 271 g/mol. The van der Waals surface area contributed by atoms with Gasteiger partial charge in [-0.25, -0.2) is 0 Å². The van der Waals surface area contributed by atoms with Crippen molar-refractivity contribution < 1.29 is 4.79 Å². The third-order valence-corrected chi connectivity index (χ3v) is 3.10. The van der Waals surface area contributed by atoms with Gasteiger partial charge in [-0.15, -0.1) is 0 Å². The number of carbonyl (C=O) groups excluding carboxylic acids is 1. The standard InChI is InChI=1S/C16H21N3O/c1-2-10-17-16(20)9-6-11-19-13-15(12-18-19)14-7-4-3-5-8-14/h3-5,7-8,12-13H,2,6,9-11H2,1H3,(H,17,20). The highest BCUT2D eigenvalue weighted by Crippen LogP contribution is 2.17. The summed E-state index contributed by atoms with van der Waals surface area (Å²) in [5.41, 5.74) is 2.28. The quantitative estimate of drug-likeness (QED) is 0.841. The number of hydrogen-bond donors (Lipinski definition) is 1. The summed E-state index contributed by atoms with van der Waals surface area (Å²) in [6, 6.07) is 10.2. The maximum Gasteiger partial charge on any atom is 0.220 e. The van der Waals surface area contributed by atoms with Gasteiger partial charge in [0.2, 0.25) is 5.91 Å². The van der Waals surface area contributed by atoms with Crippen LogP contribution >= 0.6 is 0 Å². The Hall–Kier alpha value is -2.10. The lowest BCUT2D eigenvalue weighted by Crippen LogP contribution is -2.23. The number of aromatic nitrogens is 2. The van der Waals surface area contributed by atoms with E-state index in [4.69, 9.17) is 0 Å². The van der Waals surface area contributed by atoms with Gasteiger partial charge in [0.1, 0.15) is 0 Å². The van der Waals surface area contributed by atoms with Crippen molar-refractivity contribution in [3.8, 4) is 11.1 Å². The summed E-state index contributed by atoms with van der Waals surface area (Å²) in [6.07, 6.45) is 6.24. The lowest BCUT2D eigenvalue weighted by atomic mass is 10.1. The predicted octanol–water partition coefficient (Wildman–Crippen LogP) is 2.86. The normalized spacial score (nSPS) is 10.4. The fraction of sp³-hybridized carbons (Fsp3) is 0.375. The highest BCUT2D eigenvalue weighted by molar-refractivity contribution is 5.75. The van der Waals surface area contributed by atoms with Crippen LogP contribution in [0.3, 0.4) is 0 Å². The molecule has 2 rings (SSSR count). The number of benzene rings is 1. The van der Waals surface area contributed by atoms with E-state index < -0.39 is 0 Å². The first-order chi connectivity index (χ1) is 9.79. The van der Waals surface area contributed by atoms with Crippen LogP contribution in [0, 0.1) is 0 Å². The molecule has 0 bridgehead atoms. The van der Waals surface area contributed by atoms with Crippen molar-refractivity contribution in [2.45, 2.75) is 32.7 Å². The molecule has 0 saturated carbocycles. The Kier molecular flexibility index (Phi) is 5.35. The van der Waals surface area contributed by atoms with Gasteiger partial charge in [-0.3, -0.25) is 9.48 Å². The number of rotatable bonds is 7. The smallest absolute Gasteiger partial charge is 0.220 e. The number of nitrogens with one attached hydrogen (secondary N) is 1. The van der Waals surface area contributed by atoms with Gasteiger partial charge in [0.25, 0.3) is 0 Å². The van der Waals surface area contributed by atoms with E-state index in [2.05, 4.69) is 29.5 Å². The molecule has 1 aromatic heterocycles. The van der Waals surface area contributed by atoms with E-state index in [0.717, 1.165) is 31.5 Å². The van der Waals surface area contributed by atoms with E-state index in [1.165, 1.54) is 5.56 Å². The van der Waals surface area contributed by atoms with Crippen LogP contribution in [0.1, 0.15) is 26.2 Å². The van der Waals surface area contributed by atoms with Crippen molar-refractivity contribution in [2.24, 2.45) is 0 Å². The molecule has 1 aromatic carbocycles. The summed E-state index contributed by atoms with van der Waals surface area (Å²) in [5.74, 6) is 0.127. The third kappa shape index (κ3) is 4.23. The zero-order chi connectivity index (χ0) is 14.2. The lowest BCUT2D eigenvalue weighted by Gasteiger charge is -2.03. The molecule has 4 nitrogen and oxygen atoms in total. The van der Waals surface area contributed by atoms with E-state index in [-0.39, 0.29) is 5.91 Å². The molecular weight excluding hydrogens is 250 g/mol. The van der Waals surface area contributed by atoms with E-state index in [0.29, 0.717) is 6.42 Å². The molecule has 20 heavy (non-hydrogen) atoms. The number of hydrogen-bond acceptors (Lipinski definition) is 2. The monoisotopic (exact) mass is 271 g/mol. The third-order valence-electron chi connectivity index (χ3n) is 3.10. The van der Waals surface area contributed by atoms with Crippen LogP contribution in [0.25, 0.3) is 11.1 Å². The molecular formula is C16H21N3O. The molecule has 1 N–H and O–H groups in total. The minimum Gasteiger partial charge on any atom is -0.356 e. The van der Waals surface area contributed by atoms with Gasteiger partial charge in [0, 0.05) is 31.3 Å². The summed E-state index contributed by atoms with van der Waals surface area (Å²) in [5, 5.41) is 7.22. The summed E-state index contributed by atoms with van der Waals surface area (Å²) in [7, 11) is 0. The van der Waals surface area contributed by atoms with Crippen LogP contribution in [-0.4, -0.2) is 22.2 Å². The van der Waals surface area contributed by atoms with E-state index in [1.54, 1.807) is 0 Å². The number of carbonyl (C=O) groups is 1. The van der Waals surface area contributed by atoms with E-state index in [9.17, 15) is 4.79 Å². The topological polar surface area (TPSA) is 46.9 Å². The molecule has 4 heteroatoms. The zero-order valence-electron chi connectivity index (χ0n) is 11.9. The summed E-state index contributed by atoms with van der Waals surface area (Å²) in [4.78, 5) is 11.5. The summed E-state index contributed by atoms with van der Waals surface area (Å²) in [6.45, 7) is 3.58. The Morgan fingerprint density at radius 1 is 1.25 bits per heavy atom. The van der Waals surface area contributed by atoms with Crippen molar-refractivity contribution in [1.82, 2.24) is 15.1 Å². The van der Waals surface area contributed by atoms with Crippen molar-refractivity contribution in [3.63, 3.8) is 0 Å². The second-order valence-corrected chi connectivity index (χ2v) is 4.81. The zero-order valence-corrected chi connectivity index (χ0v) is 11.9. The van der Waals surface area contributed by atoms with Crippen LogP contribution in [0.2, 0.25) is 0 Å². The SMILES string of the molecule is CCCNC(=O)CCCn1cc(-c2ccccc2)cn1. The first-order valence-corrected chi connectivity index (χ1v) is 7.14. The molecule has 0 spiro atoms. The van der Waals surface area contributed by atoms with E-state index >= 15 is 0 Å². The summed E-state index contributed by atoms with van der Waals surface area (Å²) >= 11 is 0. The molecule has 0 aliphatic carbocycles. The number of amides is 1. The van der Waals surface area contributed by atoms with Gasteiger partial charge in [0.05, 0.1) is 6.20 Å². The van der Waals surface area contributed by atoms with Crippen molar-refractivity contribution in [3.05, 3.63) is 42.7 Å². The van der Waals surface area contributed by atoms with Gasteiger partial charge in [-0.1, -0.05) is 37.3 Å². The van der Waals surface area contributed by atoms with Gasteiger partial charge in [-0.05, 0) is 18.4 Å². The predicted molar refractivity (Wildman–Crippen MR) is 80.2 cm³/mol. The van der Waals surface area contributed by atoms with Crippen molar-refractivity contribution in [1.29, 1.82) is 0 Å². The van der Waals surface area contributed by atoms with Crippen LogP contribution in [-0.2, 0) is 11.3 Å². The molecule has 1 heterocycles. The summed E-state index contributed by atoms with van der Waals surface area (Å²) < 4.78 is 1.90. The maximum atomic E-state index is 11.5. The Bertz CT molecular complexity index is 534. The van der Waals surface area contributed by atoms with Crippen molar-refractivity contribution >= 4 is 5.91 Å². The molecule has 2 aromatic rings. The molecule has 0 fully saturated rings. The van der Waals surface area contributed by atoms with E-state index in [1.807, 2.05) is 35.3 Å². The Labute approximate surface area is 119 Å². The average Bonchev–Trinajstić information content (AvgIpc) is 2.95. The van der Waals surface area contributed by atoms with Gasteiger partial charge < -0.3 is 5.32 Å². The molecule has 0 radical (unpaired) electrons. The Morgan fingerprint density at radius 2 is 2.05 bits per heavy atom. The van der Waals surface area contributed by atoms with Gasteiger partial charge in [0.15, 0.2) is 0 Å². The van der Waals surface area contributed by atoms with Crippen LogP contribution < -0.4 is 5.32 Å². The highest BCUT2D eigenvalue weighted by Gasteiger charge is 2.03. The minimum atomic E-state index is 0.127. The number of aryl methyl sites for hydroxylation is 1. The molecule has 0 saturated heterocycles. The van der Waals surface area contributed by atoms with Crippen LogP contribution in [0.4, 0.5) is 0 Å². The lowest BCUT2D eigenvalue weighted by molar-refractivity contribution is -0.121. The van der Waals surface area contributed by atoms with Gasteiger partial charge in [-0.2, -0.15) is 5.10 Å². The molecule has 0 atom stereocenters. The minimum absolute atomic E-state index is 0.127. The molecule has 1 amide bonds. The number of nitrogens with zero attached hydrogens (tertiary/aromatic N) is 2. The Morgan fingerprint density at radius 3 is 2.80 bits per heavy atom. The first-order valence-electron chi connectivity index (χ1n) is 7.14. The molecule has 0 unspecified atom stereocenters. The van der Waals surface area contributed by atoms with Crippen molar-refractivity contribution in [2.75, 3.05) is 6.54 Å². The maximum absolute atomic E-state index is 11.5. The highest BCUT2D eigenvalue weighted by atomic mass is 16.1. The largest absolute Gasteiger partial charge is 0.356 e.